The van der Waals surface area contributed by atoms with Crippen LogP contribution in [0.4, 0.5) is 5.69 Å². The quantitative estimate of drug-likeness (QED) is 0.686. The third kappa shape index (κ3) is 4.46. The van der Waals surface area contributed by atoms with E-state index in [0.29, 0.717) is 4.88 Å². The van der Waals surface area contributed by atoms with Gasteiger partial charge in [-0.2, -0.15) is 8.42 Å². The molecule has 0 unspecified atom stereocenters. The molecule has 3 aromatic rings. The van der Waals surface area contributed by atoms with Gasteiger partial charge in [-0.1, -0.05) is 30.3 Å². The normalized spacial score (nSPS) is 11.1. The topological polar surface area (TPSA) is 72.5 Å². The highest BCUT2D eigenvalue weighted by Gasteiger charge is 2.15. The molecule has 0 saturated heterocycles. The average molecular weight is 373 g/mol. The highest BCUT2D eigenvalue weighted by molar-refractivity contribution is 7.86. The number of thiophene rings is 1. The summed E-state index contributed by atoms with van der Waals surface area (Å²) in [4.78, 5) is 13.1. The average Bonchev–Trinajstić information content (AvgIpc) is 3.05. The first kappa shape index (κ1) is 17.2. The SMILES string of the molecule is CS(=O)(=O)Oc1ccc(-c2ccsc2C(=O)Nc2ccccc2)cc1. The smallest absolute Gasteiger partial charge is 0.306 e. The zero-order chi connectivity index (χ0) is 17.9. The summed E-state index contributed by atoms with van der Waals surface area (Å²) in [5, 5.41) is 4.71. The van der Waals surface area contributed by atoms with E-state index in [1.807, 2.05) is 41.8 Å². The second-order valence-corrected chi connectivity index (χ2v) is 7.79. The van der Waals surface area contributed by atoms with Crippen LogP contribution < -0.4 is 9.50 Å². The van der Waals surface area contributed by atoms with Crippen molar-refractivity contribution in [1.29, 1.82) is 0 Å². The molecule has 0 radical (unpaired) electrons. The molecule has 1 amide bonds. The Morgan fingerprint density at radius 2 is 1.68 bits per heavy atom. The number of hydrogen-bond donors (Lipinski definition) is 1. The van der Waals surface area contributed by atoms with Crippen molar-refractivity contribution in [3.05, 3.63) is 70.9 Å². The molecule has 5 nitrogen and oxygen atoms in total. The van der Waals surface area contributed by atoms with E-state index in [-0.39, 0.29) is 11.7 Å². The minimum Gasteiger partial charge on any atom is -0.383 e. The molecule has 1 aromatic heterocycles. The zero-order valence-electron chi connectivity index (χ0n) is 13.3. The van der Waals surface area contributed by atoms with Crippen molar-refractivity contribution >= 4 is 33.0 Å². The lowest BCUT2D eigenvalue weighted by molar-refractivity contribution is 0.103. The van der Waals surface area contributed by atoms with Crippen molar-refractivity contribution in [1.82, 2.24) is 0 Å². The van der Waals surface area contributed by atoms with Gasteiger partial charge in [0.2, 0.25) is 0 Å². The maximum atomic E-state index is 12.5. The van der Waals surface area contributed by atoms with E-state index < -0.39 is 10.1 Å². The maximum absolute atomic E-state index is 12.5. The van der Waals surface area contributed by atoms with Crippen LogP contribution in [0.2, 0.25) is 0 Å². The van der Waals surface area contributed by atoms with Gasteiger partial charge in [-0.25, -0.2) is 0 Å². The first-order valence-corrected chi connectivity index (χ1v) is 10.1. The van der Waals surface area contributed by atoms with Gasteiger partial charge in [0.1, 0.15) is 5.75 Å². The van der Waals surface area contributed by atoms with E-state index in [0.717, 1.165) is 23.1 Å². The fourth-order valence-electron chi connectivity index (χ4n) is 2.29. The summed E-state index contributed by atoms with van der Waals surface area (Å²) >= 11 is 1.35. The van der Waals surface area contributed by atoms with Crippen molar-refractivity contribution < 1.29 is 17.4 Å². The van der Waals surface area contributed by atoms with Crippen LogP contribution >= 0.6 is 11.3 Å². The van der Waals surface area contributed by atoms with Crippen molar-refractivity contribution in [3.8, 4) is 16.9 Å². The van der Waals surface area contributed by atoms with E-state index in [2.05, 4.69) is 5.32 Å². The third-order valence-corrected chi connectivity index (χ3v) is 4.72. The number of anilines is 1. The Morgan fingerprint density at radius 1 is 1.00 bits per heavy atom. The van der Waals surface area contributed by atoms with E-state index >= 15 is 0 Å². The summed E-state index contributed by atoms with van der Waals surface area (Å²) in [5.74, 6) is 0.0458. The molecule has 2 aromatic carbocycles. The van der Waals surface area contributed by atoms with Gasteiger partial charge in [0.25, 0.3) is 5.91 Å². The predicted molar refractivity (Wildman–Crippen MR) is 99.6 cm³/mol. The van der Waals surface area contributed by atoms with Crippen LogP contribution in [-0.2, 0) is 10.1 Å². The number of hydrogen-bond acceptors (Lipinski definition) is 5. The Bertz CT molecular complexity index is 977. The molecule has 1 heterocycles. The van der Waals surface area contributed by atoms with Gasteiger partial charge in [0.05, 0.1) is 11.1 Å². The van der Waals surface area contributed by atoms with Gasteiger partial charge < -0.3 is 9.50 Å². The number of para-hydroxylation sites is 1. The fraction of sp³-hybridized carbons (Fsp3) is 0.0556. The molecule has 0 aliphatic rings. The highest BCUT2D eigenvalue weighted by atomic mass is 32.2. The first-order chi connectivity index (χ1) is 11.9. The molecule has 25 heavy (non-hydrogen) atoms. The second kappa shape index (κ2) is 7.08. The Kier molecular flexibility index (Phi) is 4.87. The second-order valence-electron chi connectivity index (χ2n) is 5.30. The number of nitrogens with one attached hydrogen (secondary N) is 1. The van der Waals surface area contributed by atoms with Crippen molar-refractivity contribution in [2.75, 3.05) is 11.6 Å². The van der Waals surface area contributed by atoms with Gasteiger partial charge in [-0.05, 0) is 41.3 Å². The van der Waals surface area contributed by atoms with Crippen LogP contribution in [0.3, 0.4) is 0 Å². The fourth-order valence-corrected chi connectivity index (χ4v) is 3.56. The van der Waals surface area contributed by atoms with Gasteiger partial charge in [0, 0.05) is 11.3 Å². The van der Waals surface area contributed by atoms with Crippen LogP contribution in [-0.4, -0.2) is 20.6 Å². The van der Waals surface area contributed by atoms with Crippen molar-refractivity contribution in [3.63, 3.8) is 0 Å². The van der Waals surface area contributed by atoms with Crippen LogP contribution in [0.5, 0.6) is 5.75 Å². The van der Waals surface area contributed by atoms with E-state index in [4.69, 9.17) is 4.18 Å². The van der Waals surface area contributed by atoms with Crippen LogP contribution in [0, 0.1) is 0 Å². The van der Waals surface area contributed by atoms with Crippen molar-refractivity contribution in [2.24, 2.45) is 0 Å². The molecule has 1 N–H and O–H groups in total. The molecule has 0 fully saturated rings. The molecule has 0 aliphatic carbocycles. The van der Waals surface area contributed by atoms with E-state index in [1.54, 1.807) is 24.3 Å². The molecule has 128 valence electrons. The number of amides is 1. The van der Waals surface area contributed by atoms with Crippen LogP contribution in [0.25, 0.3) is 11.1 Å². The minimum atomic E-state index is -3.56. The van der Waals surface area contributed by atoms with Gasteiger partial charge >= 0.3 is 10.1 Å². The Labute approximate surface area is 150 Å². The molecule has 0 aliphatic heterocycles. The van der Waals surface area contributed by atoms with Crippen LogP contribution in [0.1, 0.15) is 9.67 Å². The van der Waals surface area contributed by atoms with E-state index in [9.17, 15) is 13.2 Å². The lowest BCUT2D eigenvalue weighted by Crippen LogP contribution is -2.11. The summed E-state index contributed by atoms with van der Waals surface area (Å²) in [6.45, 7) is 0. The summed E-state index contributed by atoms with van der Waals surface area (Å²) in [7, 11) is -3.56. The lowest BCUT2D eigenvalue weighted by atomic mass is 10.1. The standard InChI is InChI=1S/C18H15NO4S2/c1-25(21,22)23-15-9-7-13(8-10-15)16-11-12-24-17(16)18(20)19-14-5-3-2-4-6-14/h2-12H,1H3,(H,19,20). The highest BCUT2D eigenvalue weighted by Crippen LogP contribution is 2.30. The first-order valence-electron chi connectivity index (χ1n) is 7.36. The Morgan fingerprint density at radius 3 is 2.32 bits per heavy atom. The summed E-state index contributed by atoms with van der Waals surface area (Å²) < 4.78 is 27.1. The molecule has 0 spiro atoms. The molecular formula is C18H15NO4S2. The lowest BCUT2D eigenvalue weighted by Gasteiger charge is -2.07. The summed E-state index contributed by atoms with van der Waals surface area (Å²) in [5.41, 5.74) is 2.31. The summed E-state index contributed by atoms with van der Waals surface area (Å²) in [6, 6.07) is 17.7. The number of benzene rings is 2. The monoisotopic (exact) mass is 373 g/mol. The van der Waals surface area contributed by atoms with Crippen molar-refractivity contribution in [2.45, 2.75) is 0 Å². The number of carbonyl (C=O) groups is 1. The molecule has 0 atom stereocenters. The molecule has 3 rings (SSSR count). The molecule has 7 heteroatoms. The largest absolute Gasteiger partial charge is 0.383 e. The minimum absolute atomic E-state index is 0.187. The predicted octanol–water partition coefficient (Wildman–Crippen LogP) is 4.01. The third-order valence-electron chi connectivity index (χ3n) is 3.32. The Balaban J connectivity index is 1.83. The van der Waals surface area contributed by atoms with Gasteiger partial charge in [-0.3, -0.25) is 4.79 Å². The number of rotatable bonds is 5. The van der Waals surface area contributed by atoms with Crippen LogP contribution in [0.15, 0.2) is 66.0 Å². The maximum Gasteiger partial charge on any atom is 0.306 e. The zero-order valence-corrected chi connectivity index (χ0v) is 14.9. The Hall–Kier alpha value is -2.64. The summed E-state index contributed by atoms with van der Waals surface area (Å²) in [6.07, 6.45) is 0.992. The molecule has 0 saturated carbocycles. The molecular weight excluding hydrogens is 358 g/mol. The van der Waals surface area contributed by atoms with Gasteiger partial charge in [-0.15, -0.1) is 11.3 Å². The molecule has 0 bridgehead atoms. The van der Waals surface area contributed by atoms with Gasteiger partial charge in [0.15, 0.2) is 0 Å². The van der Waals surface area contributed by atoms with E-state index in [1.165, 1.54) is 11.3 Å². The number of carbonyl (C=O) groups excluding carboxylic acids is 1.